The van der Waals surface area contributed by atoms with E-state index in [9.17, 15) is 0 Å². The maximum Gasteiger partial charge on any atom is 0.123 e. The van der Waals surface area contributed by atoms with Gasteiger partial charge in [0, 0.05) is 20.8 Å². The lowest BCUT2D eigenvalue weighted by molar-refractivity contribution is 0.520. The van der Waals surface area contributed by atoms with E-state index in [-0.39, 0.29) is 0 Å². The van der Waals surface area contributed by atoms with Crippen LogP contribution in [0.2, 0.25) is 0 Å². The molecule has 1 aromatic heterocycles. The number of fused-ring (bicyclic) bond motifs is 1. The van der Waals surface area contributed by atoms with Crippen molar-refractivity contribution in [2.45, 2.75) is 31.6 Å². The first-order valence-corrected chi connectivity index (χ1v) is 8.34. The molecule has 0 amide bonds. The van der Waals surface area contributed by atoms with E-state index in [2.05, 4.69) is 40.2 Å². The minimum Gasteiger partial charge on any atom is -0.330 e. The normalized spacial score (nSPS) is 18.3. The van der Waals surface area contributed by atoms with Crippen LogP contribution in [-0.4, -0.2) is 11.5 Å². The van der Waals surface area contributed by atoms with E-state index in [1.807, 2.05) is 11.3 Å². The molecule has 0 bridgehead atoms. The van der Waals surface area contributed by atoms with Gasteiger partial charge in [-0.25, -0.2) is 4.98 Å². The minimum absolute atomic E-state index is 0.578. The number of hydrogen-bond acceptors (Lipinski definition) is 3. The average Bonchev–Trinajstić information content (AvgIpc) is 2.85. The molecule has 100 valence electrons. The highest BCUT2D eigenvalue weighted by molar-refractivity contribution is 9.10. The Bertz CT molecular complexity index is 562. The van der Waals surface area contributed by atoms with E-state index >= 15 is 0 Å². The van der Waals surface area contributed by atoms with Crippen molar-refractivity contribution in [1.82, 2.24) is 4.98 Å². The number of aromatic nitrogens is 1. The lowest BCUT2D eigenvalue weighted by Crippen LogP contribution is -2.13. The number of nitrogens with zero attached hydrogens (tertiary/aromatic N) is 1. The second-order valence-corrected chi connectivity index (χ2v) is 7.00. The van der Waals surface area contributed by atoms with Gasteiger partial charge in [-0.05, 0) is 44.4 Å². The Morgan fingerprint density at radius 2 is 2.11 bits per heavy atom. The molecule has 1 aromatic carbocycles. The standard InChI is InChI=1S/C15H17BrN2S/c16-12-6-4-11(5-7-12)15-18-14-10(8-9-17)2-1-3-13(14)19-15/h4-7,10H,1-3,8-9,17H2. The number of thiazole rings is 1. The van der Waals surface area contributed by atoms with E-state index in [1.165, 1.54) is 35.4 Å². The number of aryl methyl sites for hydroxylation is 1. The van der Waals surface area contributed by atoms with Crippen molar-refractivity contribution >= 4 is 27.3 Å². The minimum atomic E-state index is 0.578. The largest absolute Gasteiger partial charge is 0.330 e. The molecule has 1 heterocycles. The first-order valence-electron chi connectivity index (χ1n) is 6.73. The molecule has 0 saturated carbocycles. The molecule has 0 spiro atoms. The van der Waals surface area contributed by atoms with Crippen LogP contribution in [0.3, 0.4) is 0 Å². The summed E-state index contributed by atoms with van der Waals surface area (Å²) in [7, 11) is 0. The van der Waals surface area contributed by atoms with Gasteiger partial charge in [-0.3, -0.25) is 0 Å². The van der Waals surface area contributed by atoms with Gasteiger partial charge in [0.2, 0.25) is 0 Å². The van der Waals surface area contributed by atoms with Gasteiger partial charge in [-0.2, -0.15) is 0 Å². The fourth-order valence-electron chi connectivity index (χ4n) is 2.71. The van der Waals surface area contributed by atoms with Gasteiger partial charge in [0.1, 0.15) is 5.01 Å². The van der Waals surface area contributed by atoms with Gasteiger partial charge >= 0.3 is 0 Å². The first kappa shape index (κ1) is 13.3. The SMILES string of the molecule is NCCC1CCCc2sc(-c3ccc(Br)cc3)nc21. The van der Waals surface area contributed by atoms with Crippen LogP contribution in [0.1, 0.15) is 35.8 Å². The van der Waals surface area contributed by atoms with Gasteiger partial charge in [0.15, 0.2) is 0 Å². The van der Waals surface area contributed by atoms with Gasteiger partial charge in [-0.15, -0.1) is 11.3 Å². The fraction of sp³-hybridized carbons (Fsp3) is 0.400. The highest BCUT2D eigenvalue weighted by atomic mass is 79.9. The van der Waals surface area contributed by atoms with Gasteiger partial charge < -0.3 is 5.73 Å². The van der Waals surface area contributed by atoms with Crippen LogP contribution in [0.4, 0.5) is 0 Å². The first-order chi connectivity index (χ1) is 9.28. The van der Waals surface area contributed by atoms with Crippen LogP contribution in [0.25, 0.3) is 10.6 Å². The lowest BCUT2D eigenvalue weighted by Gasteiger charge is -2.19. The summed E-state index contributed by atoms with van der Waals surface area (Å²) in [6.45, 7) is 0.759. The summed E-state index contributed by atoms with van der Waals surface area (Å²) >= 11 is 5.33. The number of hydrogen-bond donors (Lipinski definition) is 1. The van der Waals surface area contributed by atoms with Crippen molar-refractivity contribution in [3.63, 3.8) is 0 Å². The topological polar surface area (TPSA) is 38.9 Å². The Morgan fingerprint density at radius 3 is 2.84 bits per heavy atom. The summed E-state index contributed by atoms with van der Waals surface area (Å²) < 4.78 is 1.11. The number of rotatable bonds is 3. The second kappa shape index (κ2) is 5.73. The summed E-state index contributed by atoms with van der Waals surface area (Å²) in [5.74, 6) is 0.578. The summed E-state index contributed by atoms with van der Waals surface area (Å²) in [4.78, 5) is 6.37. The maximum atomic E-state index is 5.72. The quantitative estimate of drug-likeness (QED) is 0.905. The van der Waals surface area contributed by atoms with Gasteiger partial charge in [0.25, 0.3) is 0 Å². The summed E-state index contributed by atoms with van der Waals surface area (Å²) in [6, 6.07) is 8.42. The zero-order chi connectivity index (χ0) is 13.2. The average molecular weight is 337 g/mol. The zero-order valence-electron chi connectivity index (χ0n) is 10.7. The van der Waals surface area contributed by atoms with Crippen LogP contribution in [0.15, 0.2) is 28.7 Å². The molecular formula is C15H17BrN2S. The fourth-order valence-corrected chi connectivity index (χ4v) is 4.16. The van der Waals surface area contributed by atoms with E-state index in [4.69, 9.17) is 10.7 Å². The molecule has 1 unspecified atom stereocenters. The predicted octanol–water partition coefficient (Wildman–Crippen LogP) is 4.34. The summed E-state index contributed by atoms with van der Waals surface area (Å²) in [5.41, 5.74) is 8.26. The van der Waals surface area contributed by atoms with Crippen molar-refractivity contribution in [2.75, 3.05) is 6.54 Å². The van der Waals surface area contributed by atoms with Crippen LogP contribution in [-0.2, 0) is 6.42 Å². The van der Waals surface area contributed by atoms with Crippen LogP contribution >= 0.6 is 27.3 Å². The van der Waals surface area contributed by atoms with Crippen molar-refractivity contribution in [2.24, 2.45) is 5.73 Å². The third-order valence-electron chi connectivity index (χ3n) is 3.68. The van der Waals surface area contributed by atoms with E-state index in [0.29, 0.717) is 5.92 Å². The Hall–Kier alpha value is -0.710. The van der Waals surface area contributed by atoms with Crippen molar-refractivity contribution in [3.8, 4) is 10.6 Å². The Morgan fingerprint density at radius 1 is 1.32 bits per heavy atom. The van der Waals surface area contributed by atoms with Crippen molar-refractivity contribution in [3.05, 3.63) is 39.3 Å². The molecule has 0 fully saturated rings. The lowest BCUT2D eigenvalue weighted by atomic mass is 9.88. The molecule has 0 radical (unpaired) electrons. The van der Waals surface area contributed by atoms with E-state index < -0.39 is 0 Å². The molecular weight excluding hydrogens is 320 g/mol. The van der Waals surface area contributed by atoms with Crippen LogP contribution in [0, 0.1) is 0 Å². The summed E-state index contributed by atoms with van der Waals surface area (Å²) in [5, 5.41) is 1.15. The third-order valence-corrected chi connectivity index (χ3v) is 5.39. The molecule has 1 aliphatic carbocycles. The number of benzene rings is 1. The van der Waals surface area contributed by atoms with E-state index in [0.717, 1.165) is 22.4 Å². The molecule has 19 heavy (non-hydrogen) atoms. The molecule has 2 N–H and O–H groups in total. The monoisotopic (exact) mass is 336 g/mol. The predicted molar refractivity (Wildman–Crippen MR) is 84.6 cm³/mol. The van der Waals surface area contributed by atoms with Crippen LogP contribution < -0.4 is 5.73 Å². The molecule has 4 heteroatoms. The second-order valence-electron chi connectivity index (χ2n) is 5.00. The van der Waals surface area contributed by atoms with Crippen molar-refractivity contribution in [1.29, 1.82) is 0 Å². The van der Waals surface area contributed by atoms with Crippen LogP contribution in [0.5, 0.6) is 0 Å². The maximum absolute atomic E-state index is 5.72. The molecule has 1 atom stereocenters. The highest BCUT2D eigenvalue weighted by Gasteiger charge is 2.24. The Labute approximate surface area is 126 Å². The molecule has 3 rings (SSSR count). The highest BCUT2D eigenvalue weighted by Crippen LogP contribution is 2.39. The molecule has 2 aromatic rings. The van der Waals surface area contributed by atoms with Crippen molar-refractivity contribution < 1.29 is 0 Å². The van der Waals surface area contributed by atoms with E-state index in [1.54, 1.807) is 0 Å². The molecule has 0 saturated heterocycles. The Balaban J connectivity index is 1.95. The zero-order valence-corrected chi connectivity index (χ0v) is 13.1. The Kier molecular flexibility index (Phi) is 4.01. The van der Waals surface area contributed by atoms with Gasteiger partial charge in [0.05, 0.1) is 5.69 Å². The third kappa shape index (κ3) is 2.76. The smallest absolute Gasteiger partial charge is 0.123 e. The number of halogens is 1. The number of nitrogens with two attached hydrogens (primary N) is 1. The van der Waals surface area contributed by atoms with Gasteiger partial charge in [-0.1, -0.05) is 28.1 Å². The molecule has 2 nitrogen and oxygen atoms in total. The molecule has 0 aliphatic heterocycles. The molecule has 1 aliphatic rings. The summed E-state index contributed by atoms with van der Waals surface area (Å²) in [6.07, 6.45) is 4.77.